The van der Waals surface area contributed by atoms with Crippen LogP contribution in [0.5, 0.6) is 5.75 Å². The van der Waals surface area contributed by atoms with Gasteiger partial charge in [-0.2, -0.15) is 4.98 Å². The molecule has 2 aromatic heterocycles. The number of pyridine rings is 1. The van der Waals surface area contributed by atoms with E-state index in [2.05, 4.69) is 20.4 Å². The van der Waals surface area contributed by atoms with E-state index in [0.29, 0.717) is 41.4 Å². The first kappa shape index (κ1) is 21.4. The monoisotopic (exact) mass is 427 g/mol. The standard InChI is InChI=1S/C22H33N7O2/c1-29(24)19(14-26-22-27-20(31-28-22)12-15-6-5-7-15)21(23)18-11-10-17(13-25-18)30-16-8-3-2-4-9-16/h10-11,13,15-16H,2-9,12,14,23-24H2,1H3,(H,26,28)/b21-19-. The predicted octanol–water partition coefficient (Wildman–Crippen LogP) is 3.06. The molecule has 0 saturated heterocycles. The van der Waals surface area contributed by atoms with Gasteiger partial charge in [0.2, 0.25) is 5.89 Å². The Morgan fingerprint density at radius 1 is 1.19 bits per heavy atom. The van der Waals surface area contributed by atoms with Gasteiger partial charge in [-0.1, -0.05) is 12.8 Å². The minimum absolute atomic E-state index is 0.286. The van der Waals surface area contributed by atoms with E-state index in [4.69, 9.17) is 20.8 Å². The summed E-state index contributed by atoms with van der Waals surface area (Å²) in [6, 6.07) is 3.78. The highest BCUT2D eigenvalue weighted by atomic mass is 16.5. The maximum atomic E-state index is 6.39. The minimum Gasteiger partial charge on any atom is -0.489 e. The first-order valence-electron chi connectivity index (χ1n) is 11.2. The number of rotatable bonds is 9. The first-order chi connectivity index (χ1) is 15.1. The van der Waals surface area contributed by atoms with Gasteiger partial charge in [0.05, 0.1) is 35.9 Å². The Morgan fingerprint density at radius 2 is 2.00 bits per heavy atom. The quantitative estimate of drug-likeness (QED) is 0.408. The maximum Gasteiger partial charge on any atom is 0.263 e. The van der Waals surface area contributed by atoms with Gasteiger partial charge in [-0.15, -0.1) is 0 Å². The van der Waals surface area contributed by atoms with Crippen LogP contribution in [0.2, 0.25) is 0 Å². The van der Waals surface area contributed by atoms with Crippen molar-refractivity contribution in [3.05, 3.63) is 35.6 Å². The molecule has 5 N–H and O–H groups in total. The van der Waals surface area contributed by atoms with Crippen molar-refractivity contribution >= 4 is 11.6 Å². The highest BCUT2D eigenvalue weighted by molar-refractivity contribution is 5.63. The fraction of sp³-hybridized carbons (Fsp3) is 0.591. The maximum absolute atomic E-state index is 6.39. The summed E-state index contributed by atoms with van der Waals surface area (Å²) in [6.07, 6.45) is 12.6. The number of ether oxygens (including phenoxy) is 1. The van der Waals surface area contributed by atoms with Gasteiger partial charge in [-0.3, -0.25) is 4.98 Å². The molecule has 2 aliphatic rings. The van der Waals surface area contributed by atoms with Crippen molar-refractivity contribution in [2.75, 3.05) is 18.9 Å². The summed E-state index contributed by atoms with van der Waals surface area (Å²) < 4.78 is 11.4. The summed E-state index contributed by atoms with van der Waals surface area (Å²) in [5, 5.41) is 8.63. The molecule has 31 heavy (non-hydrogen) atoms. The zero-order chi connectivity index (χ0) is 21.6. The number of aromatic nitrogens is 3. The van der Waals surface area contributed by atoms with Gasteiger partial charge < -0.3 is 25.3 Å². The molecule has 2 heterocycles. The summed E-state index contributed by atoms with van der Waals surface area (Å²) in [5.74, 6) is 8.58. The van der Waals surface area contributed by atoms with Crippen LogP contribution in [-0.4, -0.2) is 39.8 Å². The van der Waals surface area contributed by atoms with Crippen LogP contribution in [-0.2, 0) is 6.42 Å². The minimum atomic E-state index is 0.286. The molecule has 0 radical (unpaired) electrons. The van der Waals surface area contributed by atoms with E-state index in [1.807, 2.05) is 12.1 Å². The summed E-state index contributed by atoms with van der Waals surface area (Å²) in [4.78, 5) is 8.91. The molecule has 2 saturated carbocycles. The molecule has 4 rings (SSSR count). The average Bonchev–Trinajstić information content (AvgIpc) is 3.19. The normalized spacial score (nSPS) is 18.3. The number of hydrogen-bond acceptors (Lipinski definition) is 9. The second-order valence-corrected chi connectivity index (χ2v) is 8.59. The lowest BCUT2D eigenvalue weighted by Gasteiger charge is -2.23. The van der Waals surface area contributed by atoms with E-state index in [-0.39, 0.29) is 6.10 Å². The predicted molar refractivity (Wildman–Crippen MR) is 119 cm³/mol. The molecule has 9 nitrogen and oxygen atoms in total. The van der Waals surface area contributed by atoms with Crippen LogP contribution in [0.15, 0.2) is 28.5 Å². The SMILES string of the molecule is CN(N)/C(CNc1noc(CC2CCC2)n1)=C(\N)c1ccc(OC2CCCCC2)cn1. The van der Waals surface area contributed by atoms with E-state index in [9.17, 15) is 0 Å². The fourth-order valence-electron chi connectivity index (χ4n) is 4.06. The van der Waals surface area contributed by atoms with Gasteiger partial charge in [-0.05, 0) is 61.7 Å². The molecule has 0 atom stereocenters. The van der Waals surface area contributed by atoms with Crippen molar-refractivity contribution in [1.29, 1.82) is 0 Å². The zero-order valence-corrected chi connectivity index (χ0v) is 18.2. The molecule has 9 heteroatoms. The third kappa shape index (κ3) is 5.66. The van der Waals surface area contributed by atoms with E-state index >= 15 is 0 Å². The van der Waals surface area contributed by atoms with Crippen molar-refractivity contribution in [2.24, 2.45) is 17.5 Å². The molecular weight excluding hydrogens is 394 g/mol. The number of likely N-dealkylation sites (N-methyl/N-ethyl adjacent to an activating group) is 1. The van der Waals surface area contributed by atoms with Crippen LogP contribution < -0.4 is 21.6 Å². The topological polar surface area (TPSA) is 128 Å². The lowest BCUT2D eigenvalue weighted by Crippen LogP contribution is -2.32. The summed E-state index contributed by atoms with van der Waals surface area (Å²) in [6.45, 7) is 0.350. The number of nitrogens with two attached hydrogens (primary N) is 2. The highest BCUT2D eigenvalue weighted by Gasteiger charge is 2.21. The number of nitrogens with one attached hydrogen (secondary N) is 1. The Kier molecular flexibility index (Phi) is 6.91. The Bertz CT molecular complexity index is 868. The van der Waals surface area contributed by atoms with Crippen molar-refractivity contribution in [3.8, 4) is 5.75 Å². The molecular formula is C22H33N7O2. The molecule has 2 aliphatic carbocycles. The van der Waals surface area contributed by atoms with Crippen molar-refractivity contribution < 1.29 is 9.26 Å². The van der Waals surface area contributed by atoms with Gasteiger partial charge in [0.25, 0.3) is 5.95 Å². The van der Waals surface area contributed by atoms with Crippen LogP contribution >= 0.6 is 0 Å². The molecule has 0 bridgehead atoms. The molecule has 0 spiro atoms. The summed E-state index contributed by atoms with van der Waals surface area (Å²) in [7, 11) is 1.74. The molecule has 2 fully saturated rings. The molecule has 2 aromatic rings. The van der Waals surface area contributed by atoms with Crippen LogP contribution in [0, 0.1) is 5.92 Å². The Labute approximate surface area is 183 Å². The first-order valence-corrected chi connectivity index (χ1v) is 11.2. The Morgan fingerprint density at radius 3 is 2.65 bits per heavy atom. The zero-order valence-electron chi connectivity index (χ0n) is 18.2. The number of anilines is 1. The second kappa shape index (κ2) is 10.00. The van der Waals surface area contributed by atoms with Crippen molar-refractivity contribution in [2.45, 2.75) is 63.9 Å². The molecule has 0 amide bonds. The van der Waals surface area contributed by atoms with Crippen LogP contribution in [0.1, 0.15) is 63.0 Å². The van der Waals surface area contributed by atoms with Crippen molar-refractivity contribution in [3.63, 3.8) is 0 Å². The van der Waals surface area contributed by atoms with Gasteiger partial charge >= 0.3 is 0 Å². The highest BCUT2D eigenvalue weighted by Crippen LogP contribution is 2.29. The summed E-state index contributed by atoms with van der Waals surface area (Å²) >= 11 is 0. The Hall–Kier alpha value is -2.81. The van der Waals surface area contributed by atoms with Gasteiger partial charge in [0, 0.05) is 13.5 Å². The number of hydrazine groups is 1. The molecule has 0 unspecified atom stereocenters. The molecule has 0 aliphatic heterocycles. The van der Waals surface area contributed by atoms with Crippen LogP contribution in [0.3, 0.4) is 0 Å². The lowest BCUT2D eigenvalue weighted by atomic mass is 9.83. The fourth-order valence-corrected chi connectivity index (χ4v) is 4.06. The van der Waals surface area contributed by atoms with Crippen LogP contribution in [0.25, 0.3) is 5.70 Å². The summed E-state index contributed by atoms with van der Waals surface area (Å²) in [5.41, 5.74) is 8.19. The third-order valence-electron chi connectivity index (χ3n) is 6.17. The van der Waals surface area contributed by atoms with E-state index in [0.717, 1.165) is 25.0 Å². The van der Waals surface area contributed by atoms with E-state index < -0.39 is 0 Å². The third-order valence-corrected chi connectivity index (χ3v) is 6.17. The van der Waals surface area contributed by atoms with E-state index in [1.165, 1.54) is 43.5 Å². The van der Waals surface area contributed by atoms with Gasteiger partial charge in [0.15, 0.2) is 0 Å². The second-order valence-electron chi connectivity index (χ2n) is 8.59. The van der Waals surface area contributed by atoms with Crippen LogP contribution in [0.4, 0.5) is 5.95 Å². The van der Waals surface area contributed by atoms with Gasteiger partial charge in [0.1, 0.15) is 5.75 Å². The Balaban J connectivity index is 1.38. The van der Waals surface area contributed by atoms with Gasteiger partial charge in [-0.25, -0.2) is 5.84 Å². The smallest absolute Gasteiger partial charge is 0.263 e. The lowest BCUT2D eigenvalue weighted by molar-refractivity contribution is 0.154. The number of hydrogen-bond donors (Lipinski definition) is 3. The average molecular weight is 428 g/mol. The van der Waals surface area contributed by atoms with E-state index in [1.54, 1.807) is 13.2 Å². The molecule has 168 valence electrons. The van der Waals surface area contributed by atoms with Crippen molar-refractivity contribution in [1.82, 2.24) is 20.1 Å². The largest absolute Gasteiger partial charge is 0.489 e. The number of nitrogens with zero attached hydrogens (tertiary/aromatic N) is 4. The molecule has 0 aromatic carbocycles.